The van der Waals surface area contributed by atoms with Crippen molar-refractivity contribution in [1.29, 1.82) is 5.41 Å². The van der Waals surface area contributed by atoms with Gasteiger partial charge in [-0.3, -0.25) is 4.98 Å². The van der Waals surface area contributed by atoms with Crippen molar-refractivity contribution in [2.24, 2.45) is 5.73 Å². The molecule has 162 valence electrons. The fourth-order valence-corrected chi connectivity index (χ4v) is 3.45. The van der Waals surface area contributed by atoms with E-state index in [1.807, 2.05) is 49.4 Å². The molecule has 0 bridgehead atoms. The molecule has 6 N–H and O–H groups in total. The molecule has 1 atom stereocenters. The van der Waals surface area contributed by atoms with Crippen molar-refractivity contribution >= 4 is 23.4 Å². The minimum atomic E-state index is -0.135. The molecule has 0 saturated heterocycles. The summed E-state index contributed by atoms with van der Waals surface area (Å²) in [4.78, 5) is 9.22. The Morgan fingerprint density at radius 1 is 1.10 bits per heavy atom. The zero-order valence-electron chi connectivity index (χ0n) is 18.0. The second-order valence-electron chi connectivity index (χ2n) is 7.30. The Labute approximate surface area is 183 Å². The predicted molar refractivity (Wildman–Crippen MR) is 127 cm³/mol. The maximum absolute atomic E-state index is 9.39. The van der Waals surface area contributed by atoms with Crippen LogP contribution in [-0.4, -0.2) is 27.8 Å². The molecule has 0 saturated carbocycles. The minimum absolute atomic E-state index is 0.0953. The maximum atomic E-state index is 9.39. The Morgan fingerprint density at radius 2 is 1.87 bits per heavy atom. The highest BCUT2D eigenvalue weighted by Crippen LogP contribution is 2.32. The van der Waals surface area contributed by atoms with Crippen LogP contribution in [-0.2, 0) is 6.61 Å². The van der Waals surface area contributed by atoms with Crippen LogP contribution < -0.4 is 16.4 Å². The molecule has 0 aliphatic rings. The van der Waals surface area contributed by atoms with Crippen LogP contribution in [0.1, 0.15) is 49.7 Å². The molecule has 0 unspecified atom stereocenters. The maximum Gasteiger partial charge on any atom is 0.130 e. The standard InChI is InChI=1S/C24H30N6O/c1-3-7-19(26)21-10-6-9-20(29-21)16-12-22(27-4-2)18(14-25)23(13-16)30-24-11-5-8-17(15-31)28-24/h5-6,8-14,19,25,27,31H,3-4,7,15,26H2,1-2H3,(H,28,30)/t19-/m0/s1. The molecule has 1 aromatic carbocycles. The quantitative estimate of drug-likeness (QED) is 0.307. The highest BCUT2D eigenvalue weighted by Gasteiger charge is 2.14. The molecule has 0 spiro atoms. The number of hydrogen-bond donors (Lipinski definition) is 5. The van der Waals surface area contributed by atoms with E-state index in [2.05, 4.69) is 22.5 Å². The van der Waals surface area contributed by atoms with Crippen LogP contribution >= 0.6 is 0 Å². The summed E-state index contributed by atoms with van der Waals surface area (Å²) in [5.41, 5.74) is 11.7. The van der Waals surface area contributed by atoms with Gasteiger partial charge in [-0.15, -0.1) is 0 Å². The van der Waals surface area contributed by atoms with Crippen molar-refractivity contribution in [3.8, 4) is 11.3 Å². The van der Waals surface area contributed by atoms with Gasteiger partial charge in [0.05, 0.1) is 29.4 Å². The van der Waals surface area contributed by atoms with E-state index in [1.54, 1.807) is 6.07 Å². The number of aliphatic hydroxyl groups is 1. The highest BCUT2D eigenvalue weighted by molar-refractivity contribution is 5.96. The Bertz CT molecular complexity index is 1040. The smallest absolute Gasteiger partial charge is 0.130 e. The molecule has 3 aromatic rings. The van der Waals surface area contributed by atoms with Crippen molar-refractivity contribution in [2.45, 2.75) is 39.3 Å². The minimum Gasteiger partial charge on any atom is -0.390 e. The molecule has 0 fully saturated rings. The molecule has 2 heterocycles. The number of nitrogens with one attached hydrogen (secondary N) is 3. The van der Waals surface area contributed by atoms with E-state index in [0.717, 1.165) is 53.3 Å². The number of aliphatic hydroxyl groups excluding tert-OH is 1. The highest BCUT2D eigenvalue weighted by atomic mass is 16.3. The van der Waals surface area contributed by atoms with E-state index in [1.165, 1.54) is 6.21 Å². The molecule has 0 aliphatic heterocycles. The summed E-state index contributed by atoms with van der Waals surface area (Å²) in [6.45, 7) is 4.71. The van der Waals surface area contributed by atoms with Crippen LogP contribution in [0.5, 0.6) is 0 Å². The fourth-order valence-electron chi connectivity index (χ4n) is 3.45. The Hall–Kier alpha value is -3.29. The summed E-state index contributed by atoms with van der Waals surface area (Å²) in [5, 5.41) is 24.0. The van der Waals surface area contributed by atoms with Gasteiger partial charge < -0.3 is 26.9 Å². The normalized spacial score (nSPS) is 11.7. The molecule has 2 aromatic heterocycles. The van der Waals surface area contributed by atoms with Crippen LogP contribution in [0.3, 0.4) is 0 Å². The molecule has 3 rings (SSSR count). The number of aromatic nitrogens is 2. The third-order valence-corrected chi connectivity index (χ3v) is 4.97. The van der Waals surface area contributed by atoms with Crippen LogP contribution in [0, 0.1) is 5.41 Å². The lowest BCUT2D eigenvalue weighted by Crippen LogP contribution is -2.12. The molecular weight excluding hydrogens is 388 g/mol. The van der Waals surface area contributed by atoms with Crippen molar-refractivity contribution in [3.05, 3.63) is 65.5 Å². The number of pyridine rings is 2. The zero-order chi connectivity index (χ0) is 22.2. The molecule has 0 amide bonds. The van der Waals surface area contributed by atoms with E-state index in [0.29, 0.717) is 11.5 Å². The van der Waals surface area contributed by atoms with Crippen LogP contribution in [0.25, 0.3) is 11.3 Å². The Morgan fingerprint density at radius 3 is 2.58 bits per heavy atom. The summed E-state index contributed by atoms with van der Waals surface area (Å²) < 4.78 is 0. The van der Waals surface area contributed by atoms with E-state index >= 15 is 0 Å². The summed E-state index contributed by atoms with van der Waals surface area (Å²) >= 11 is 0. The SMILES string of the molecule is CCC[C@H](N)c1cccc(-c2cc(NCC)c(C=N)c(Nc3cccc(CO)n3)c2)n1. The largest absolute Gasteiger partial charge is 0.390 e. The molecule has 7 heteroatoms. The van der Waals surface area contributed by atoms with Gasteiger partial charge in [0.25, 0.3) is 0 Å². The summed E-state index contributed by atoms with van der Waals surface area (Å²) in [5.74, 6) is 0.598. The third-order valence-electron chi connectivity index (χ3n) is 4.97. The third kappa shape index (κ3) is 5.45. The molecule has 7 nitrogen and oxygen atoms in total. The number of benzene rings is 1. The first-order valence-corrected chi connectivity index (χ1v) is 10.6. The first-order valence-electron chi connectivity index (χ1n) is 10.6. The molecular formula is C24H30N6O. The van der Waals surface area contributed by atoms with E-state index in [-0.39, 0.29) is 12.6 Å². The molecule has 0 radical (unpaired) electrons. The lowest BCUT2D eigenvalue weighted by molar-refractivity contribution is 0.277. The Balaban J connectivity index is 2.07. The van der Waals surface area contributed by atoms with Gasteiger partial charge in [-0.25, -0.2) is 4.98 Å². The van der Waals surface area contributed by atoms with Crippen molar-refractivity contribution < 1.29 is 5.11 Å². The van der Waals surface area contributed by atoms with Gasteiger partial charge in [0.1, 0.15) is 5.82 Å². The van der Waals surface area contributed by atoms with Gasteiger partial charge in [0, 0.05) is 35.6 Å². The van der Waals surface area contributed by atoms with E-state index in [4.69, 9.17) is 16.1 Å². The monoisotopic (exact) mass is 418 g/mol. The predicted octanol–water partition coefficient (Wildman–Crippen LogP) is 4.61. The average molecular weight is 419 g/mol. The summed E-state index contributed by atoms with van der Waals surface area (Å²) in [6.07, 6.45) is 3.20. The summed E-state index contributed by atoms with van der Waals surface area (Å²) in [6, 6.07) is 15.2. The van der Waals surface area contributed by atoms with Crippen LogP contribution in [0.4, 0.5) is 17.2 Å². The van der Waals surface area contributed by atoms with Crippen molar-refractivity contribution in [3.63, 3.8) is 0 Å². The zero-order valence-corrected chi connectivity index (χ0v) is 18.0. The van der Waals surface area contributed by atoms with Gasteiger partial charge >= 0.3 is 0 Å². The number of nitrogens with two attached hydrogens (primary N) is 1. The average Bonchev–Trinajstić information content (AvgIpc) is 2.79. The van der Waals surface area contributed by atoms with Crippen LogP contribution in [0.15, 0.2) is 48.5 Å². The fraction of sp³-hybridized carbons (Fsp3) is 0.292. The number of nitrogens with zero attached hydrogens (tertiary/aromatic N) is 2. The number of anilines is 3. The first-order chi connectivity index (χ1) is 15.1. The van der Waals surface area contributed by atoms with Crippen LogP contribution in [0.2, 0.25) is 0 Å². The van der Waals surface area contributed by atoms with E-state index in [9.17, 15) is 5.11 Å². The first kappa shape index (κ1) is 22.4. The van der Waals surface area contributed by atoms with Crippen molar-refractivity contribution in [1.82, 2.24) is 9.97 Å². The topological polar surface area (TPSA) is 120 Å². The summed E-state index contributed by atoms with van der Waals surface area (Å²) in [7, 11) is 0. The lowest BCUT2D eigenvalue weighted by Gasteiger charge is -2.17. The molecule has 31 heavy (non-hydrogen) atoms. The van der Waals surface area contributed by atoms with Crippen molar-refractivity contribution in [2.75, 3.05) is 17.2 Å². The van der Waals surface area contributed by atoms with Gasteiger partial charge in [0.2, 0.25) is 0 Å². The second kappa shape index (κ2) is 10.7. The number of hydrogen-bond acceptors (Lipinski definition) is 7. The van der Waals surface area contributed by atoms with Gasteiger partial charge in [-0.2, -0.15) is 0 Å². The number of rotatable bonds is 10. The lowest BCUT2D eigenvalue weighted by atomic mass is 10.0. The Kier molecular flexibility index (Phi) is 7.70. The molecule has 0 aliphatic carbocycles. The van der Waals surface area contributed by atoms with Gasteiger partial charge in [-0.1, -0.05) is 25.5 Å². The van der Waals surface area contributed by atoms with E-state index < -0.39 is 0 Å². The second-order valence-corrected chi connectivity index (χ2v) is 7.30. The van der Waals surface area contributed by atoms with Gasteiger partial charge in [-0.05, 0) is 49.7 Å². The van der Waals surface area contributed by atoms with Gasteiger partial charge in [0.15, 0.2) is 0 Å².